The van der Waals surface area contributed by atoms with Crippen molar-refractivity contribution in [3.05, 3.63) is 70.0 Å². The van der Waals surface area contributed by atoms with Gasteiger partial charge in [-0.1, -0.05) is 36.8 Å². The second-order valence-electron chi connectivity index (χ2n) is 9.56. The molecule has 0 radical (unpaired) electrons. The first-order valence-corrected chi connectivity index (χ1v) is 13.4. The summed E-state index contributed by atoms with van der Waals surface area (Å²) in [6, 6.07) is 7.25. The summed E-state index contributed by atoms with van der Waals surface area (Å²) in [5.74, 6) is 5.97. The van der Waals surface area contributed by atoms with E-state index in [0.717, 1.165) is 30.2 Å². The lowest BCUT2D eigenvalue weighted by atomic mass is 9.91. The molecular weight excluding hydrogens is 503 g/mol. The predicted molar refractivity (Wildman–Crippen MR) is 147 cm³/mol. The number of aryl methyl sites for hydroxylation is 1. The summed E-state index contributed by atoms with van der Waals surface area (Å²) in [6.45, 7) is 4.74. The fraction of sp³-hybridized carbons (Fsp3) is 0.379. The van der Waals surface area contributed by atoms with Gasteiger partial charge in [-0.05, 0) is 43.5 Å². The zero-order valence-electron chi connectivity index (χ0n) is 21.6. The van der Waals surface area contributed by atoms with Gasteiger partial charge in [0.15, 0.2) is 0 Å². The van der Waals surface area contributed by atoms with E-state index in [0.29, 0.717) is 42.4 Å². The standard InChI is InChI=1S/C29H30ClFN6O/c1-3-25-22(9-7-19-8-10-26(32-2)33-17-19)28(35-18-34-25)20-15-23(30)27(24(31)16-20)29(38)37-13-11-36(12-14-37)21-5-4-6-21/h8,10,15-18,21H,3-6,11-14H2,1-2H3,(H,32,33). The molecule has 2 aliphatic rings. The molecular formula is C29H30ClFN6O. The molecule has 3 heterocycles. The molecule has 196 valence electrons. The Labute approximate surface area is 227 Å². The smallest absolute Gasteiger partial charge is 0.258 e. The molecule has 3 aromatic rings. The van der Waals surface area contributed by atoms with Crippen LogP contribution in [0.1, 0.15) is 53.4 Å². The quantitative estimate of drug-likeness (QED) is 0.482. The molecule has 0 spiro atoms. The number of hydrogen-bond donors (Lipinski definition) is 1. The molecule has 1 saturated heterocycles. The van der Waals surface area contributed by atoms with Crippen molar-refractivity contribution in [2.45, 2.75) is 38.6 Å². The molecule has 1 N–H and O–H groups in total. The highest BCUT2D eigenvalue weighted by molar-refractivity contribution is 6.34. The van der Waals surface area contributed by atoms with E-state index in [4.69, 9.17) is 11.6 Å². The third-order valence-corrected chi connectivity index (χ3v) is 7.63. The van der Waals surface area contributed by atoms with Crippen LogP contribution in [-0.4, -0.2) is 69.9 Å². The van der Waals surface area contributed by atoms with Gasteiger partial charge in [0.2, 0.25) is 0 Å². The van der Waals surface area contributed by atoms with Crippen LogP contribution in [0, 0.1) is 17.7 Å². The highest BCUT2D eigenvalue weighted by atomic mass is 35.5. The molecule has 1 aliphatic heterocycles. The van der Waals surface area contributed by atoms with Crippen LogP contribution in [0.4, 0.5) is 10.2 Å². The van der Waals surface area contributed by atoms with Gasteiger partial charge < -0.3 is 10.2 Å². The largest absolute Gasteiger partial charge is 0.373 e. The highest BCUT2D eigenvalue weighted by Crippen LogP contribution is 2.31. The van der Waals surface area contributed by atoms with Crippen molar-refractivity contribution in [1.29, 1.82) is 0 Å². The maximum Gasteiger partial charge on any atom is 0.258 e. The third-order valence-electron chi connectivity index (χ3n) is 7.33. The summed E-state index contributed by atoms with van der Waals surface area (Å²) in [5.41, 5.74) is 2.88. The van der Waals surface area contributed by atoms with Gasteiger partial charge >= 0.3 is 0 Å². The Hall–Kier alpha value is -3.54. The van der Waals surface area contributed by atoms with Gasteiger partial charge in [0.05, 0.1) is 27.5 Å². The molecule has 1 saturated carbocycles. The Morgan fingerprint density at radius 1 is 1.13 bits per heavy atom. The minimum atomic E-state index is -0.665. The van der Waals surface area contributed by atoms with Gasteiger partial charge in [-0.3, -0.25) is 9.69 Å². The van der Waals surface area contributed by atoms with Crippen molar-refractivity contribution in [1.82, 2.24) is 24.8 Å². The van der Waals surface area contributed by atoms with Crippen LogP contribution in [0.5, 0.6) is 0 Å². The number of anilines is 1. The Morgan fingerprint density at radius 2 is 1.92 bits per heavy atom. The van der Waals surface area contributed by atoms with Gasteiger partial charge in [0.25, 0.3) is 5.91 Å². The first-order valence-electron chi connectivity index (χ1n) is 13.0. The van der Waals surface area contributed by atoms with Crippen LogP contribution >= 0.6 is 11.6 Å². The fourth-order valence-electron chi connectivity index (χ4n) is 4.90. The van der Waals surface area contributed by atoms with Crippen molar-refractivity contribution < 1.29 is 9.18 Å². The average Bonchev–Trinajstić information content (AvgIpc) is 2.91. The van der Waals surface area contributed by atoms with Crippen molar-refractivity contribution in [2.75, 3.05) is 38.5 Å². The number of pyridine rings is 1. The van der Waals surface area contributed by atoms with Crippen molar-refractivity contribution in [3.63, 3.8) is 0 Å². The maximum atomic E-state index is 15.5. The van der Waals surface area contributed by atoms with Crippen LogP contribution in [0.25, 0.3) is 11.3 Å². The van der Waals surface area contributed by atoms with E-state index in [1.54, 1.807) is 24.2 Å². The number of aromatic nitrogens is 3. The van der Waals surface area contributed by atoms with E-state index in [1.807, 2.05) is 19.1 Å². The zero-order valence-corrected chi connectivity index (χ0v) is 22.4. The lowest BCUT2D eigenvalue weighted by molar-refractivity contribution is 0.0452. The van der Waals surface area contributed by atoms with E-state index in [2.05, 4.69) is 37.0 Å². The van der Waals surface area contributed by atoms with E-state index >= 15 is 4.39 Å². The number of carbonyl (C=O) groups is 1. The number of benzene rings is 1. The monoisotopic (exact) mass is 532 g/mol. The lowest BCUT2D eigenvalue weighted by Gasteiger charge is -2.43. The molecule has 38 heavy (non-hydrogen) atoms. The number of carbonyl (C=O) groups excluding carboxylic acids is 1. The second kappa shape index (κ2) is 11.5. The molecule has 0 unspecified atom stereocenters. The van der Waals surface area contributed by atoms with Crippen LogP contribution < -0.4 is 5.32 Å². The van der Waals surface area contributed by atoms with Gasteiger partial charge in [-0.2, -0.15) is 0 Å². The van der Waals surface area contributed by atoms with E-state index in [9.17, 15) is 4.79 Å². The number of nitrogens with zero attached hydrogens (tertiary/aromatic N) is 5. The number of rotatable bonds is 5. The summed E-state index contributed by atoms with van der Waals surface area (Å²) < 4.78 is 15.5. The number of amides is 1. The molecule has 0 atom stereocenters. The summed E-state index contributed by atoms with van der Waals surface area (Å²) in [6.07, 6.45) is 7.47. The fourth-order valence-corrected chi connectivity index (χ4v) is 5.19. The Balaban J connectivity index is 1.42. The summed E-state index contributed by atoms with van der Waals surface area (Å²) in [5, 5.41) is 3.04. The number of piperazine rings is 1. The van der Waals surface area contributed by atoms with E-state index < -0.39 is 5.82 Å². The Kier molecular flexibility index (Phi) is 7.87. The maximum absolute atomic E-state index is 15.5. The first kappa shape index (κ1) is 26.1. The summed E-state index contributed by atoms with van der Waals surface area (Å²) in [4.78, 5) is 30.5. The molecule has 1 aromatic carbocycles. The SMILES string of the molecule is CCc1ncnc(-c2cc(F)c(C(=O)N3CCN(C4CCC4)CC3)c(Cl)c2)c1C#Cc1ccc(NC)nc1. The molecule has 0 bridgehead atoms. The van der Waals surface area contributed by atoms with Crippen LogP contribution in [0.15, 0.2) is 36.8 Å². The topological polar surface area (TPSA) is 74.2 Å². The molecule has 1 aliphatic carbocycles. The number of nitrogens with one attached hydrogen (secondary N) is 1. The molecule has 9 heteroatoms. The molecule has 7 nitrogen and oxygen atoms in total. The van der Waals surface area contributed by atoms with Gasteiger partial charge in [-0.15, -0.1) is 0 Å². The average molecular weight is 533 g/mol. The van der Waals surface area contributed by atoms with Gasteiger partial charge in [-0.25, -0.2) is 19.3 Å². The molecule has 5 rings (SSSR count). The Morgan fingerprint density at radius 3 is 2.53 bits per heavy atom. The van der Waals surface area contributed by atoms with Crippen molar-refractivity contribution in [2.24, 2.45) is 0 Å². The zero-order chi connectivity index (χ0) is 26.6. The van der Waals surface area contributed by atoms with Crippen LogP contribution in [0.3, 0.4) is 0 Å². The minimum Gasteiger partial charge on any atom is -0.373 e. The number of halogens is 2. The molecule has 2 fully saturated rings. The normalized spacial score (nSPS) is 15.9. The van der Waals surface area contributed by atoms with Crippen molar-refractivity contribution >= 4 is 23.3 Å². The summed E-state index contributed by atoms with van der Waals surface area (Å²) >= 11 is 6.55. The first-order chi connectivity index (χ1) is 18.5. The van der Waals surface area contributed by atoms with Crippen molar-refractivity contribution in [3.8, 4) is 23.1 Å². The highest BCUT2D eigenvalue weighted by Gasteiger charge is 2.31. The third kappa shape index (κ3) is 5.35. The van der Waals surface area contributed by atoms with E-state index in [1.165, 1.54) is 31.7 Å². The predicted octanol–water partition coefficient (Wildman–Crippen LogP) is 4.65. The number of hydrogen-bond acceptors (Lipinski definition) is 6. The van der Waals surface area contributed by atoms with E-state index in [-0.39, 0.29) is 16.5 Å². The van der Waals surface area contributed by atoms with Crippen LogP contribution in [0.2, 0.25) is 5.02 Å². The Bertz CT molecular complexity index is 1370. The second-order valence-corrected chi connectivity index (χ2v) is 9.96. The minimum absolute atomic E-state index is 0.0637. The lowest BCUT2D eigenvalue weighted by Crippen LogP contribution is -2.53. The van der Waals surface area contributed by atoms with Gasteiger partial charge in [0, 0.05) is 56.6 Å². The molecule has 2 aromatic heterocycles. The van der Waals surface area contributed by atoms with Crippen LogP contribution in [-0.2, 0) is 6.42 Å². The molecule has 1 amide bonds. The summed E-state index contributed by atoms with van der Waals surface area (Å²) in [7, 11) is 1.80. The van der Waals surface area contributed by atoms with Gasteiger partial charge in [0.1, 0.15) is 18.0 Å².